The molecule has 0 fully saturated rings. The van der Waals surface area contributed by atoms with E-state index < -0.39 is 0 Å². The van der Waals surface area contributed by atoms with E-state index in [1.165, 1.54) is 0 Å². The number of H-pyrrole nitrogens is 1. The van der Waals surface area contributed by atoms with Gasteiger partial charge in [-0.3, -0.25) is 9.78 Å². The summed E-state index contributed by atoms with van der Waals surface area (Å²) in [6, 6.07) is 9.85. The summed E-state index contributed by atoms with van der Waals surface area (Å²) >= 11 is 0. The third kappa shape index (κ3) is 4.72. The van der Waals surface area contributed by atoms with E-state index in [1.54, 1.807) is 13.2 Å². The van der Waals surface area contributed by atoms with Crippen LogP contribution >= 0.6 is 0 Å². The second-order valence-electron chi connectivity index (χ2n) is 8.75. The maximum atomic E-state index is 12.4. The highest BCUT2D eigenvalue weighted by Gasteiger charge is 2.16. The molecule has 0 unspecified atom stereocenters. The Morgan fingerprint density at radius 1 is 1.17 bits per heavy atom. The molecule has 0 bridgehead atoms. The molecule has 3 heterocycles. The SMILES string of the molecule is COc1cc(NC(=O)/C=C/CN(C)C)cc(-c2cnc3[nH]cc(-c4ccnc5c4C=CC5)c3c2)c1. The summed E-state index contributed by atoms with van der Waals surface area (Å²) < 4.78 is 5.51. The number of amides is 1. The molecule has 5 rings (SSSR count). The van der Waals surface area contributed by atoms with Gasteiger partial charge in [-0.05, 0) is 49.5 Å². The monoisotopic (exact) mass is 465 g/mol. The Labute approximate surface area is 204 Å². The number of ether oxygens (including phenoxy) is 1. The minimum Gasteiger partial charge on any atom is -0.497 e. The number of carbonyl (C=O) groups is 1. The van der Waals surface area contributed by atoms with Crippen molar-refractivity contribution in [1.82, 2.24) is 19.9 Å². The fourth-order valence-corrected chi connectivity index (χ4v) is 4.28. The number of hydrogen-bond donors (Lipinski definition) is 2. The number of nitrogens with one attached hydrogen (secondary N) is 2. The van der Waals surface area contributed by atoms with Crippen molar-refractivity contribution in [2.75, 3.05) is 33.1 Å². The molecule has 0 spiro atoms. The van der Waals surface area contributed by atoms with E-state index in [0.717, 1.165) is 51.0 Å². The number of anilines is 1. The van der Waals surface area contributed by atoms with Gasteiger partial charge < -0.3 is 19.9 Å². The van der Waals surface area contributed by atoms with Gasteiger partial charge in [0.2, 0.25) is 5.91 Å². The fraction of sp³-hybridized carbons (Fsp3) is 0.179. The van der Waals surface area contributed by atoms with E-state index in [0.29, 0.717) is 18.0 Å². The standard InChI is InChI=1S/C28H27N5O2/c1-33(2)11-5-8-27(34)32-20-12-18(13-21(15-20)35-3)19-14-24-25(17-31-28(24)30-16-19)22-9-10-29-26-7-4-6-23(22)26/h4-6,8-10,12-17H,7,11H2,1-3H3,(H,30,31)(H,32,34)/b8-5+. The van der Waals surface area contributed by atoms with Gasteiger partial charge in [0.05, 0.1) is 12.8 Å². The third-order valence-electron chi connectivity index (χ3n) is 5.97. The largest absolute Gasteiger partial charge is 0.497 e. The predicted molar refractivity (Wildman–Crippen MR) is 140 cm³/mol. The van der Waals surface area contributed by atoms with Gasteiger partial charge in [-0.2, -0.15) is 0 Å². The van der Waals surface area contributed by atoms with Crippen molar-refractivity contribution in [2.45, 2.75) is 6.42 Å². The average Bonchev–Trinajstić information content (AvgIpc) is 3.50. The molecule has 176 valence electrons. The molecule has 0 radical (unpaired) electrons. The minimum absolute atomic E-state index is 0.188. The maximum Gasteiger partial charge on any atom is 0.248 e. The van der Waals surface area contributed by atoms with Crippen molar-refractivity contribution in [3.8, 4) is 28.0 Å². The lowest BCUT2D eigenvalue weighted by molar-refractivity contribution is -0.111. The Morgan fingerprint density at radius 2 is 2.06 bits per heavy atom. The molecule has 35 heavy (non-hydrogen) atoms. The average molecular weight is 466 g/mol. The van der Waals surface area contributed by atoms with Crippen LogP contribution in [0.2, 0.25) is 0 Å². The van der Waals surface area contributed by atoms with Crippen LogP contribution in [0.15, 0.2) is 67.2 Å². The number of rotatable bonds is 7. The van der Waals surface area contributed by atoms with E-state index in [9.17, 15) is 4.79 Å². The summed E-state index contributed by atoms with van der Waals surface area (Å²) in [4.78, 5) is 26.9. The highest BCUT2D eigenvalue weighted by atomic mass is 16.5. The van der Waals surface area contributed by atoms with E-state index in [-0.39, 0.29) is 5.91 Å². The first-order valence-corrected chi connectivity index (χ1v) is 11.5. The summed E-state index contributed by atoms with van der Waals surface area (Å²) in [6.07, 6.45) is 14.2. The molecule has 0 saturated carbocycles. The van der Waals surface area contributed by atoms with E-state index in [1.807, 2.05) is 67.9 Å². The molecule has 7 heteroatoms. The minimum atomic E-state index is -0.188. The number of allylic oxidation sites excluding steroid dienone is 1. The molecule has 7 nitrogen and oxygen atoms in total. The van der Waals surface area contributed by atoms with Gasteiger partial charge in [0.25, 0.3) is 0 Å². The Hall–Kier alpha value is -4.23. The van der Waals surface area contributed by atoms with Crippen LogP contribution in [0.3, 0.4) is 0 Å². The molecule has 0 aliphatic heterocycles. The summed E-state index contributed by atoms with van der Waals surface area (Å²) in [5.74, 6) is 0.466. The summed E-state index contributed by atoms with van der Waals surface area (Å²) in [6.45, 7) is 0.692. The van der Waals surface area contributed by atoms with E-state index in [2.05, 4.69) is 38.5 Å². The second-order valence-corrected chi connectivity index (χ2v) is 8.75. The summed E-state index contributed by atoms with van der Waals surface area (Å²) in [5, 5.41) is 3.96. The molecule has 1 aliphatic carbocycles. The van der Waals surface area contributed by atoms with Gasteiger partial charge in [-0.1, -0.05) is 18.2 Å². The molecule has 1 aliphatic rings. The number of hydrogen-bond acceptors (Lipinski definition) is 5. The third-order valence-corrected chi connectivity index (χ3v) is 5.97. The molecule has 0 saturated heterocycles. The van der Waals surface area contributed by atoms with Crippen LogP contribution < -0.4 is 10.1 Å². The highest BCUT2D eigenvalue weighted by molar-refractivity contribution is 6.01. The van der Waals surface area contributed by atoms with Gasteiger partial charge in [-0.25, -0.2) is 4.98 Å². The van der Waals surface area contributed by atoms with Crippen molar-refractivity contribution < 1.29 is 9.53 Å². The highest BCUT2D eigenvalue weighted by Crippen LogP contribution is 2.36. The van der Waals surface area contributed by atoms with Crippen molar-refractivity contribution in [1.29, 1.82) is 0 Å². The number of benzene rings is 1. The molecule has 1 aromatic carbocycles. The molecule has 2 N–H and O–H groups in total. The van der Waals surface area contributed by atoms with Crippen molar-refractivity contribution in [3.05, 3.63) is 78.4 Å². The normalized spacial score (nSPS) is 12.6. The first-order chi connectivity index (χ1) is 17.0. The first kappa shape index (κ1) is 22.6. The zero-order valence-corrected chi connectivity index (χ0v) is 20.0. The number of aromatic amines is 1. The molecular formula is C28H27N5O2. The topological polar surface area (TPSA) is 83.1 Å². The quantitative estimate of drug-likeness (QED) is 0.378. The van der Waals surface area contributed by atoms with Gasteiger partial charge >= 0.3 is 0 Å². The number of pyridine rings is 2. The van der Waals surface area contributed by atoms with Crippen LogP contribution in [-0.2, 0) is 11.2 Å². The van der Waals surface area contributed by atoms with Crippen LogP contribution in [0, 0.1) is 0 Å². The van der Waals surface area contributed by atoms with Crippen molar-refractivity contribution >= 4 is 28.7 Å². The Morgan fingerprint density at radius 3 is 2.89 bits per heavy atom. The van der Waals surface area contributed by atoms with Gasteiger partial charge in [0.1, 0.15) is 11.4 Å². The first-order valence-electron chi connectivity index (χ1n) is 11.5. The number of carbonyl (C=O) groups excluding carboxylic acids is 1. The molecular weight excluding hydrogens is 438 g/mol. The number of fused-ring (bicyclic) bond motifs is 2. The maximum absolute atomic E-state index is 12.4. The fourth-order valence-electron chi connectivity index (χ4n) is 4.28. The Balaban J connectivity index is 1.51. The molecule has 1 amide bonds. The van der Waals surface area contributed by atoms with Gasteiger partial charge in [0, 0.05) is 71.5 Å². The van der Waals surface area contributed by atoms with Gasteiger partial charge in [-0.15, -0.1) is 0 Å². The lowest BCUT2D eigenvalue weighted by Gasteiger charge is -2.11. The summed E-state index contributed by atoms with van der Waals surface area (Å²) in [7, 11) is 5.52. The second kappa shape index (κ2) is 9.56. The van der Waals surface area contributed by atoms with Crippen molar-refractivity contribution in [2.24, 2.45) is 0 Å². The molecule has 3 aromatic heterocycles. The lowest BCUT2D eigenvalue weighted by atomic mass is 9.99. The number of aromatic nitrogens is 3. The number of likely N-dealkylation sites (N-methyl/N-ethyl adjacent to an activating group) is 1. The Bertz CT molecular complexity index is 1470. The van der Waals surface area contributed by atoms with Gasteiger partial charge in [0.15, 0.2) is 0 Å². The zero-order valence-electron chi connectivity index (χ0n) is 20.0. The van der Waals surface area contributed by atoms with Crippen molar-refractivity contribution in [3.63, 3.8) is 0 Å². The van der Waals surface area contributed by atoms with E-state index >= 15 is 0 Å². The predicted octanol–water partition coefficient (Wildman–Crippen LogP) is 4.93. The smallest absolute Gasteiger partial charge is 0.248 e. The van der Waals surface area contributed by atoms with Crippen LogP contribution in [0.25, 0.3) is 39.4 Å². The summed E-state index contributed by atoms with van der Waals surface area (Å²) in [5.41, 5.74) is 7.78. The Kier molecular flexibility index (Phi) is 6.16. The van der Waals surface area contributed by atoms with Crippen LogP contribution in [0.1, 0.15) is 11.3 Å². The van der Waals surface area contributed by atoms with E-state index in [4.69, 9.17) is 4.74 Å². The molecule has 0 atom stereocenters. The lowest BCUT2D eigenvalue weighted by Crippen LogP contribution is -2.13. The number of nitrogens with zero attached hydrogens (tertiary/aromatic N) is 3. The number of methoxy groups -OCH3 is 1. The van der Waals surface area contributed by atoms with Crippen LogP contribution in [0.4, 0.5) is 5.69 Å². The zero-order chi connectivity index (χ0) is 24.4. The van der Waals surface area contributed by atoms with Crippen LogP contribution in [-0.4, -0.2) is 53.5 Å². The van der Waals surface area contributed by atoms with Crippen LogP contribution in [0.5, 0.6) is 5.75 Å². The molecule has 4 aromatic rings.